The monoisotopic (exact) mass is 275 g/mol. The van der Waals surface area contributed by atoms with Gasteiger partial charge in [-0.25, -0.2) is 0 Å². The zero-order chi connectivity index (χ0) is 13.8. The van der Waals surface area contributed by atoms with Crippen LogP contribution in [-0.4, -0.2) is 39.0 Å². The Bertz CT molecular complexity index is 440. The van der Waals surface area contributed by atoms with Crippen molar-refractivity contribution in [1.82, 2.24) is 5.32 Å². The Morgan fingerprint density at radius 1 is 1.40 bits per heavy atom. The van der Waals surface area contributed by atoms with E-state index in [4.69, 9.17) is 9.47 Å². The van der Waals surface area contributed by atoms with Crippen molar-refractivity contribution in [3.8, 4) is 0 Å². The molecular formula is C17H25NO2. The third-order valence-corrected chi connectivity index (χ3v) is 4.83. The standard InChI is InChI=1S/C17H25NO2/c1-19-17(9-10-20-13-17)12-18-11-15-7-4-6-14-5-2-3-8-16(14)15/h2-3,5,8,15,18H,4,6-7,9-13H2,1H3. The largest absolute Gasteiger partial charge is 0.378 e. The smallest absolute Gasteiger partial charge is 0.106 e. The maximum Gasteiger partial charge on any atom is 0.106 e. The molecule has 1 N–H and O–H groups in total. The van der Waals surface area contributed by atoms with E-state index in [9.17, 15) is 0 Å². The van der Waals surface area contributed by atoms with Crippen molar-refractivity contribution in [1.29, 1.82) is 0 Å². The van der Waals surface area contributed by atoms with Crippen LogP contribution in [0.3, 0.4) is 0 Å². The fourth-order valence-corrected chi connectivity index (χ4v) is 3.50. The molecule has 0 aromatic heterocycles. The van der Waals surface area contributed by atoms with Gasteiger partial charge in [-0.05, 0) is 36.3 Å². The number of methoxy groups -OCH3 is 1. The highest BCUT2D eigenvalue weighted by atomic mass is 16.5. The molecule has 110 valence electrons. The highest BCUT2D eigenvalue weighted by molar-refractivity contribution is 5.32. The highest BCUT2D eigenvalue weighted by Gasteiger charge is 2.34. The van der Waals surface area contributed by atoms with Gasteiger partial charge in [0.25, 0.3) is 0 Å². The van der Waals surface area contributed by atoms with Crippen molar-refractivity contribution in [3.05, 3.63) is 35.4 Å². The van der Waals surface area contributed by atoms with Crippen molar-refractivity contribution in [2.75, 3.05) is 33.4 Å². The van der Waals surface area contributed by atoms with E-state index in [-0.39, 0.29) is 5.60 Å². The quantitative estimate of drug-likeness (QED) is 0.895. The van der Waals surface area contributed by atoms with Gasteiger partial charge < -0.3 is 14.8 Å². The van der Waals surface area contributed by atoms with Crippen LogP contribution < -0.4 is 5.32 Å². The van der Waals surface area contributed by atoms with Crippen molar-refractivity contribution < 1.29 is 9.47 Å². The second kappa shape index (κ2) is 6.25. The van der Waals surface area contributed by atoms with Crippen LogP contribution in [0.15, 0.2) is 24.3 Å². The van der Waals surface area contributed by atoms with Crippen LogP contribution in [0, 0.1) is 0 Å². The second-order valence-electron chi connectivity index (χ2n) is 6.11. The average molecular weight is 275 g/mol. The molecule has 3 heteroatoms. The normalized spacial score (nSPS) is 29.4. The lowest BCUT2D eigenvalue weighted by atomic mass is 9.83. The Morgan fingerprint density at radius 3 is 3.10 bits per heavy atom. The molecule has 0 radical (unpaired) electrons. The molecule has 2 aliphatic rings. The number of fused-ring (bicyclic) bond motifs is 1. The van der Waals surface area contributed by atoms with Crippen molar-refractivity contribution in [3.63, 3.8) is 0 Å². The Morgan fingerprint density at radius 2 is 2.30 bits per heavy atom. The van der Waals surface area contributed by atoms with Gasteiger partial charge in [0.15, 0.2) is 0 Å². The molecule has 0 spiro atoms. The molecule has 1 aliphatic heterocycles. The van der Waals surface area contributed by atoms with Gasteiger partial charge in [-0.3, -0.25) is 0 Å². The minimum atomic E-state index is -0.103. The van der Waals surface area contributed by atoms with Gasteiger partial charge in [0, 0.05) is 33.2 Å². The van der Waals surface area contributed by atoms with Crippen molar-refractivity contribution in [2.45, 2.75) is 37.2 Å². The maximum absolute atomic E-state index is 5.67. The predicted molar refractivity (Wildman–Crippen MR) is 80.2 cm³/mol. The molecule has 1 fully saturated rings. The number of hydrogen-bond donors (Lipinski definition) is 1. The minimum absolute atomic E-state index is 0.103. The number of ether oxygens (including phenoxy) is 2. The van der Waals surface area contributed by atoms with E-state index in [0.717, 1.165) is 32.7 Å². The summed E-state index contributed by atoms with van der Waals surface area (Å²) in [6, 6.07) is 8.90. The lowest BCUT2D eigenvalue weighted by molar-refractivity contribution is -0.0158. The Hall–Kier alpha value is -0.900. The molecule has 0 amide bonds. The number of benzene rings is 1. The Kier molecular flexibility index (Phi) is 4.39. The number of hydrogen-bond acceptors (Lipinski definition) is 3. The van der Waals surface area contributed by atoms with Crippen LogP contribution >= 0.6 is 0 Å². The van der Waals surface area contributed by atoms with E-state index in [2.05, 4.69) is 29.6 Å². The summed E-state index contributed by atoms with van der Waals surface area (Å²) in [6.07, 6.45) is 4.84. The molecule has 2 atom stereocenters. The SMILES string of the molecule is COC1(CNCC2CCCc3ccccc32)CCOC1. The summed E-state index contributed by atoms with van der Waals surface area (Å²) in [4.78, 5) is 0. The Balaban J connectivity index is 1.57. The fraction of sp³-hybridized carbons (Fsp3) is 0.647. The average Bonchev–Trinajstić information content (AvgIpc) is 2.97. The van der Waals surface area contributed by atoms with Crippen LogP contribution in [0.5, 0.6) is 0 Å². The number of rotatable bonds is 5. The first kappa shape index (κ1) is 14.1. The molecule has 0 saturated carbocycles. The maximum atomic E-state index is 5.67. The second-order valence-corrected chi connectivity index (χ2v) is 6.11. The van der Waals surface area contributed by atoms with E-state index in [0.29, 0.717) is 5.92 Å². The number of nitrogens with one attached hydrogen (secondary N) is 1. The molecule has 1 aliphatic carbocycles. The molecule has 3 rings (SSSR count). The summed E-state index contributed by atoms with van der Waals surface area (Å²) in [5.74, 6) is 0.649. The van der Waals surface area contributed by atoms with Gasteiger partial charge in [0.2, 0.25) is 0 Å². The van der Waals surface area contributed by atoms with Gasteiger partial charge in [-0.1, -0.05) is 24.3 Å². The summed E-state index contributed by atoms with van der Waals surface area (Å²) < 4.78 is 11.2. The van der Waals surface area contributed by atoms with Crippen LogP contribution in [0.2, 0.25) is 0 Å². The molecule has 1 heterocycles. The van der Waals surface area contributed by atoms with Crippen LogP contribution in [0.25, 0.3) is 0 Å². The fourth-order valence-electron chi connectivity index (χ4n) is 3.50. The first-order valence-corrected chi connectivity index (χ1v) is 7.74. The first-order valence-electron chi connectivity index (χ1n) is 7.74. The number of aryl methyl sites for hydroxylation is 1. The third-order valence-electron chi connectivity index (χ3n) is 4.83. The highest BCUT2D eigenvalue weighted by Crippen LogP contribution is 2.31. The van der Waals surface area contributed by atoms with E-state index in [1.165, 1.54) is 24.8 Å². The molecule has 1 saturated heterocycles. The Labute approximate surface area is 121 Å². The van der Waals surface area contributed by atoms with Gasteiger partial charge in [-0.15, -0.1) is 0 Å². The summed E-state index contributed by atoms with van der Waals surface area (Å²) in [5.41, 5.74) is 2.98. The van der Waals surface area contributed by atoms with E-state index < -0.39 is 0 Å². The third kappa shape index (κ3) is 2.90. The minimum Gasteiger partial charge on any atom is -0.378 e. The molecule has 3 nitrogen and oxygen atoms in total. The summed E-state index contributed by atoms with van der Waals surface area (Å²) >= 11 is 0. The van der Waals surface area contributed by atoms with E-state index >= 15 is 0 Å². The van der Waals surface area contributed by atoms with Gasteiger partial charge in [-0.2, -0.15) is 0 Å². The lowest BCUT2D eigenvalue weighted by Gasteiger charge is -2.29. The van der Waals surface area contributed by atoms with Crippen LogP contribution in [-0.2, 0) is 15.9 Å². The van der Waals surface area contributed by atoms with Gasteiger partial charge in [0.1, 0.15) is 5.60 Å². The van der Waals surface area contributed by atoms with E-state index in [1.807, 2.05) is 0 Å². The molecule has 1 aromatic carbocycles. The lowest BCUT2D eigenvalue weighted by Crippen LogP contribution is -2.44. The van der Waals surface area contributed by atoms with Crippen molar-refractivity contribution >= 4 is 0 Å². The van der Waals surface area contributed by atoms with Gasteiger partial charge >= 0.3 is 0 Å². The zero-order valence-corrected chi connectivity index (χ0v) is 12.4. The predicted octanol–water partition coefficient (Wildman–Crippen LogP) is 2.50. The van der Waals surface area contributed by atoms with Crippen molar-refractivity contribution in [2.24, 2.45) is 0 Å². The molecule has 1 aromatic rings. The molecular weight excluding hydrogens is 250 g/mol. The molecule has 2 unspecified atom stereocenters. The van der Waals surface area contributed by atoms with E-state index in [1.54, 1.807) is 12.7 Å². The van der Waals surface area contributed by atoms with Crippen LogP contribution in [0.1, 0.15) is 36.3 Å². The molecule has 20 heavy (non-hydrogen) atoms. The summed E-state index contributed by atoms with van der Waals surface area (Å²) in [6.45, 7) is 3.48. The topological polar surface area (TPSA) is 30.5 Å². The molecule has 0 bridgehead atoms. The first-order chi connectivity index (χ1) is 9.83. The van der Waals surface area contributed by atoms with Crippen LogP contribution in [0.4, 0.5) is 0 Å². The zero-order valence-electron chi connectivity index (χ0n) is 12.4. The summed E-state index contributed by atoms with van der Waals surface area (Å²) in [5, 5.41) is 3.62. The van der Waals surface area contributed by atoms with Gasteiger partial charge in [0.05, 0.1) is 6.61 Å². The summed E-state index contributed by atoms with van der Waals surface area (Å²) in [7, 11) is 1.80.